The van der Waals surface area contributed by atoms with Crippen LogP contribution in [0.15, 0.2) is 35.5 Å². The first-order chi connectivity index (χ1) is 18.9. The van der Waals surface area contributed by atoms with Crippen LogP contribution in [0.1, 0.15) is 72.6 Å². The van der Waals surface area contributed by atoms with E-state index in [4.69, 9.17) is 26.4 Å². The summed E-state index contributed by atoms with van der Waals surface area (Å²) in [6.45, 7) is 3.45. The number of nitrogens with one attached hydrogen (secondary N) is 1. The van der Waals surface area contributed by atoms with Crippen LogP contribution >= 0.6 is 11.6 Å². The van der Waals surface area contributed by atoms with Gasteiger partial charge in [0.15, 0.2) is 18.0 Å². The molecule has 1 amide bonds. The molecule has 3 aromatic rings. The van der Waals surface area contributed by atoms with E-state index in [0.29, 0.717) is 48.0 Å². The number of nitroso groups, excluding NO2 is 1. The van der Waals surface area contributed by atoms with Crippen LogP contribution in [0.5, 0.6) is 5.75 Å². The third kappa shape index (κ3) is 4.97. The number of ether oxygens (including phenoxy) is 1. The monoisotopic (exact) mass is 550 g/mol. The molecule has 3 aliphatic rings. The van der Waals surface area contributed by atoms with Gasteiger partial charge in [0.2, 0.25) is 0 Å². The molecule has 10 nitrogen and oxygen atoms in total. The van der Waals surface area contributed by atoms with E-state index in [9.17, 15) is 14.5 Å². The normalized spacial score (nSPS) is 24.5. The predicted octanol–water partition coefficient (Wildman–Crippen LogP) is 4.50. The first-order valence-electron chi connectivity index (χ1n) is 13.6. The molecule has 1 aliphatic carbocycles. The number of benzene rings is 1. The molecule has 2 aromatic heterocycles. The minimum absolute atomic E-state index is 0.0445. The second-order valence-electron chi connectivity index (χ2n) is 10.9. The largest absolute Gasteiger partial charge is 0.483 e. The highest BCUT2D eigenvalue weighted by atomic mass is 35.5. The Morgan fingerprint density at radius 1 is 1.08 bits per heavy atom. The van der Waals surface area contributed by atoms with Gasteiger partial charge >= 0.3 is 0 Å². The Hall–Kier alpha value is -3.53. The number of anilines is 1. The Morgan fingerprint density at radius 2 is 1.87 bits per heavy atom. The van der Waals surface area contributed by atoms with Crippen molar-refractivity contribution in [2.75, 3.05) is 31.1 Å². The van der Waals surface area contributed by atoms with E-state index in [1.165, 1.54) is 0 Å². The number of fused-ring (bicyclic) bond motifs is 4. The molecule has 0 spiro atoms. The summed E-state index contributed by atoms with van der Waals surface area (Å²) in [4.78, 5) is 44.5. The van der Waals surface area contributed by atoms with Crippen molar-refractivity contribution in [3.63, 3.8) is 0 Å². The molecule has 2 fully saturated rings. The zero-order valence-corrected chi connectivity index (χ0v) is 22.6. The summed E-state index contributed by atoms with van der Waals surface area (Å²) < 4.78 is 7.72. The van der Waals surface area contributed by atoms with E-state index in [1.807, 2.05) is 21.5 Å². The van der Waals surface area contributed by atoms with Gasteiger partial charge in [-0.1, -0.05) is 36.5 Å². The zero-order valence-electron chi connectivity index (χ0n) is 21.8. The minimum atomic E-state index is -0.290. The summed E-state index contributed by atoms with van der Waals surface area (Å²) in [5, 5.41) is 11.5. The van der Waals surface area contributed by atoms with Gasteiger partial charge in [-0.25, -0.2) is 9.50 Å². The van der Waals surface area contributed by atoms with Crippen molar-refractivity contribution in [3.8, 4) is 5.75 Å². The molecule has 1 saturated carbocycles. The summed E-state index contributed by atoms with van der Waals surface area (Å²) in [5.41, 5.74) is 2.93. The number of hydrogen-bond acceptors (Lipinski definition) is 8. The van der Waals surface area contributed by atoms with E-state index in [2.05, 4.69) is 17.4 Å². The van der Waals surface area contributed by atoms with Gasteiger partial charge in [-0.2, -0.15) is 10.0 Å². The Bertz CT molecular complexity index is 1430. The predicted molar refractivity (Wildman–Crippen MR) is 147 cm³/mol. The number of rotatable bonds is 2. The standard InChI is InChI=1S/C28H31ClN6O4/c1-16-8-9-30-27(36)15-39-24-7-6-17(29)10-21(24)28(37)20-5-3-2-4-19(20)22-11-26-31-25(12-23(16)35(26)32-22)34-13-18(14-34)33-38/h6-7,10-12,16,18-20H,2-5,8-9,13-15H2,1H3,(H,30,36). The van der Waals surface area contributed by atoms with Crippen molar-refractivity contribution in [1.29, 1.82) is 0 Å². The highest BCUT2D eigenvalue weighted by molar-refractivity contribution is 6.31. The van der Waals surface area contributed by atoms with Crippen molar-refractivity contribution in [1.82, 2.24) is 19.9 Å². The van der Waals surface area contributed by atoms with Gasteiger partial charge in [-0.3, -0.25) is 9.59 Å². The maximum atomic E-state index is 14.0. The second kappa shape index (κ2) is 10.6. The lowest BCUT2D eigenvalue weighted by atomic mass is 9.74. The third-order valence-electron chi connectivity index (χ3n) is 8.25. The lowest BCUT2D eigenvalue weighted by molar-refractivity contribution is -0.123. The molecule has 6 rings (SSSR count). The molecular formula is C28H31ClN6O4. The van der Waals surface area contributed by atoms with E-state index in [1.54, 1.807) is 18.2 Å². The summed E-state index contributed by atoms with van der Waals surface area (Å²) in [6, 6.07) is 8.77. The number of nitrogens with zero attached hydrogens (tertiary/aromatic N) is 5. The number of hydrogen-bond donors (Lipinski definition) is 1. The number of Topliss-reactive ketones (excluding diaryl/α,β-unsaturated/α-hetero) is 1. The van der Waals surface area contributed by atoms with Crippen LogP contribution in [0.3, 0.4) is 0 Å². The third-order valence-corrected chi connectivity index (χ3v) is 8.48. The van der Waals surface area contributed by atoms with Crippen molar-refractivity contribution in [2.24, 2.45) is 11.1 Å². The van der Waals surface area contributed by atoms with Crippen molar-refractivity contribution in [2.45, 2.75) is 56.9 Å². The van der Waals surface area contributed by atoms with E-state index >= 15 is 0 Å². The molecular weight excluding hydrogens is 520 g/mol. The van der Waals surface area contributed by atoms with Crippen molar-refractivity contribution < 1.29 is 14.3 Å². The Morgan fingerprint density at radius 3 is 2.67 bits per heavy atom. The minimum Gasteiger partial charge on any atom is -0.483 e. The summed E-state index contributed by atoms with van der Waals surface area (Å²) in [7, 11) is 0. The summed E-state index contributed by atoms with van der Waals surface area (Å²) in [5.74, 6) is 0.544. The van der Waals surface area contributed by atoms with Crippen LogP contribution in [0.4, 0.5) is 5.82 Å². The maximum Gasteiger partial charge on any atom is 0.257 e. The first kappa shape index (κ1) is 25.7. The molecule has 204 valence electrons. The average Bonchev–Trinajstić information content (AvgIpc) is 3.34. The van der Waals surface area contributed by atoms with E-state index in [0.717, 1.165) is 42.9 Å². The van der Waals surface area contributed by atoms with Crippen LogP contribution in [0.25, 0.3) is 5.65 Å². The SMILES string of the molecule is CC1CCNC(=O)COc2ccc(Cl)cc2C(=O)C2CCCCC2c2cc3nc(N4CC(N=O)C4)cc1n3n2. The fraction of sp³-hybridized carbons (Fsp3) is 0.500. The van der Waals surface area contributed by atoms with Gasteiger partial charge in [0.1, 0.15) is 17.6 Å². The van der Waals surface area contributed by atoms with Gasteiger partial charge < -0.3 is 15.0 Å². The van der Waals surface area contributed by atoms with Crippen molar-refractivity contribution >= 4 is 34.8 Å². The fourth-order valence-corrected chi connectivity index (χ4v) is 6.17. The zero-order chi connectivity index (χ0) is 27.1. The topological polar surface area (TPSA) is 118 Å². The van der Waals surface area contributed by atoms with Crippen LogP contribution < -0.4 is 15.0 Å². The van der Waals surface area contributed by atoms with Gasteiger partial charge in [0.25, 0.3) is 5.91 Å². The highest BCUT2D eigenvalue weighted by Gasteiger charge is 2.36. The maximum absolute atomic E-state index is 14.0. The van der Waals surface area contributed by atoms with Crippen LogP contribution in [0.2, 0.25) is 5.02 Å². The summed E-state index contributed by atoms with van der Waals surface area (Å²) in [6.07, 6.45) is 4.23. The number of carbonyl (C=O) groups is 2. The summed E-state index contributed by atoms with van der Waals surface area (Å²) >= 11 is 6.29. The second-order valence-corrected chi connectivity index (χ2v) is 11.3. The quantitative estimate of drug-likeness (QED) is 0.467. The molecule has 3 unspecified atom stereocenters. The smallest absolute Gasteiger partial charge is 0.257 e. The molecule has 4 heterocycles. The molecule has 1 saturated heterocycles. The number of halogens is 1. The van der Waals surface area contributed by atoms with E-state index in [-0.39, 0.29) is 42.1 Å². The molecule has 11 heteroatoms. The fourth-order valence-electron chi connectivity index (χ4n) is 5.99. The van der Waals surface area contributed by atoms with Crippen LogP contribution in [0, 0.1) is 10.8 Å². The molecule has 1 aromatic carbocycles. The average molecular weight is 551 g/mol. The van der Waals surface area contributed by atoms with Crippen molar-refractivity contribution in [3.05, 3.63) is 57.2 Å². The number of amides is 1. The van der Waals surface area contributed by atoms with Crippen LogP contribution in [-0.2, 0) is 4.79 Å². The molecule has 3 atom stereocenters. The Balaban J connectivity index is 1.45. The first-order valence-corrected chi connectivity index (χ1v) is 14.0. The molecule has 2 bridgehead atoms. The Labute approximate surface area is 231 Å². The van der Waals surface area contributed by atoms with Gasteiger partial charge in [-0.15, -0.1) is 0 Å². The number of ketones is 1. The highest BCUT2D eigenvalue weighted by Crippen LogP contribution is 2.41. The molecule has 39 heavy (non-hydrogen) atoms. The molecule has 0 radical (unpaired) electrons. The number of aromatic nitrogens is 3. The molecule has 1 N–H and O–H groups in total. The lowest BCUT2D eigenvalue weighted by Crippen LogP contribution is -2.50. The molecule has 2 aliphatic heterocycles. The van der Waals surface area contributed by atoms with Crippen LogP contribution in [-0.4, -0.2) is 58.6 Å². The number of carbonyl (C=O) groups excluding carboxylic acids is 2. The van der Waals surface area contributed by atoms with Gasteiger partial charge in [-0.05, 0) is 37.5 Å². The van der Waals surface area contributed by atoms with Gasteiger partial charge in [0.05, 0.1) is 17.0 Å². The van der Waals surface area contributed by atoms with Gasteiger partial charge in [0, 0.05) is 54.5 Å². The van der Waals surface area contributed by atoms with E-state index < -0.39 is 0 Å². The lowest BCUT2D eigenvalue weighted by Gasteiger charge is -2.36. The Kier molecular flexibility index (Phi) is 6.97.